The standard InChI is InChI=1S/C14H25N3O2/c1-2-3-13(18)16-12-6-8-17(9-7-12)14(19)10-15-11-4-5-11/h11-12,15H,2-10H2,1H3,(H,16,18). The van der Waals surface area contributed by atoms with Crippen molar-refractivity contribution in [3.05, 3.63) is 0 Å². The molecule has 0 atom stereocenters. The van der Waals surface area contributed by atoms with Gasteiger partial charge in [-0.15, -0.1) is 0 Å². The molecule has 2 amide bonds. The second kappa shape index (κ2) is 6.89. The molecule has 2 rings (SSSR count). The lowest BCUT2D eigenvalue weighted by Gasteiger charge is -2.32. The maximum atomic E-state index is 11.9. The lowest BCUT2D eigenvalue weighted by molar-refractivity contribution is -0.131. The first kappa shape index (κ1) is 14.3. The Kier molecular flexibility index (Phi) is 5.19. The van der Waals surface area contributed by atoms with Gasteiger partial charge in [-0.25, -0.2) is 0 Å². The van der Waals surface area contributed by atoms with Gasteiger partial charge in [-0.1, -0.05) is 6.92 Å². The number of nitrogens with zero attached hydrogens (tertiary/aromatic N) is 1. The molecule has 5 nitrogen and oxygen atoms in total. The van der Waals surface area contributed by atoms with Gasteiger partial charge in [-0.3, -0.25) is 9.59 Å². The normalized spacial score (nSPS) is 20.4. The third-order valence-electron chi connectivity index (χ3n) is 3.81. The predicted octanol–water partition coefficient (Wildman–Crippen LogP) is 0.646. The van der Waals surface area contributed by atoms with E-state index in [1.807, 2.05) is 11.8 Å². The number of hydrogen-bond acceptors (Lipinski definition) is 3. The number of amides is 2. The van der Waals surface area contributed by atoms with E-state index in [1.54, 1.807) is 0 Å². The molecule has 1 aliphatic heterocycles. The van der Waals surface area contributed by atoms with Crippen LogP contribution >= 0.6 is 0 Å². The van der Waals surface area contributed by atoms with Crippen LogP contribution in [0.3, 0.4) is 0 Å². The smallest absolute Gasteiger partial charge is 0.236 e. The van der Waals surface area contributed by atoms with Crippen LogP contribution in [-0.4, -0.2) is 48.4 Å². The summed E-state index contributed by atoms with van der Waals surface area (Å²) in [7, 11) is 0. The Morgan fingerprint density at radius 3 is 2.37 bits per heavy atom. The number of piperidine rings is 1. The van der Waals surface area contributed by atoms with Crippen LogP contribution < -0.4 is 10.6 Å². The minimum Gasteiger partial charge on any atom is -0.353 e. The van der Waals surface area contributed by atoms with Crippen LogP contribution in [-0.2, 0) is 9.59 Å². The van der Waals surface area contributed by atoms with Gasteiger partial charge < -0.3 is 15.5 Å². The third-order valence-corrected chi connectivity index (χ3v) is 3.81. The molecule has 0 bridgehead atoms. The minimum atomic E-state index is 0.141. The zero-order valence-electron chi connectivity index (χ0n) is 11.8. The average molecular weight is 267 g/mol. The van der Waals surface area contributed by atoms with Crippen molar-refractivity contribution >= 4 is 11.8 Å². The SMILES string of the molecule is CCCC(=O)NC1CCN(C(=O)CNC2CC2)CC1. The summed E-state index contributed by atoms with van der Waals surface area (Å²) in [4.78, 5) is 25.4. The Bertz CT molecular complexity index is 321. The highest BCUT2D eigenvalue weighted by molar-refractivity contribution is 5.78. The number of carbonyl (C=O) groups is 2. The molecule has 0 unspecified atom stereocenters. The van der Waals surface area contributed by atoms with Crippen LogP contribution in [0.1, 0.15) is 45.4 Å². The fourth-order valence-electron chi connectivity index (χ4n) is 2.43. The van der Waals surface area contributed by atoms with Gasteiger partial charge in [0, 0.05) is 31.6 Å². The van der Waals surface area contributed by atoms with E-state index in [4.69, 9.17) is 0 Å². The van der Waals surface area contributed by atoms with Crippen LogP contribution in [0.4, 0.5) is 0 Å². The Morgan fingerprint density at radius 1 is 1.11 bits per heavy atom. The summed E-state index contributed by atoms with van der Waals surface area (Å²) in [6.07, 6.45) is 5.66. The predicted molar refractivity (Wildman–Crippen MR) is 73.7 cm³/mol. The molecule has 0 radical (unpaired) electrons. The van der Waals surface area contributed by atoms with Gasteiger partial charge in [-0.05, 0) is 32.1 Å². The summed E-state index contributed by atoms with van der Waals surface area (Å²) >= 11 is 0. The van der Waals surface area contributed by atoms with E-state index in [0.29, 0.717) is 19.0 Å². The van der Waals surface area contributed by atoms with Gasteiger partial charge in [0.2, 0.25) is 11.8 Å². The molecule has 0 aromatic rings. The van der Waals surface area contributed by atoms with E-state index >= 15 is 0 Å². The molecule has 1 saturated heterocycles. The summed E-state index contributed by atoms with van der Waals surface area (Å²) in [5.74, 6) is 0.341. The van der Waals surface area contributed by atoms with Gasteiger partial charge in [0.15, 0.2) is 0 Å². The third kappa shape index (κ3) is 4.82. The van der Waals surface area contributed by atoms with Crippen molar-refractivity contribution in [3.8, 4) is 0 Å². The van der Waals surface area contributed by atoms with E-state index < -0.39 is 0 Å². The first-order chi connectivity index (χ1) is 9.19. The highest BCUT2D eigenvalue weighted by Gasteiger charge is 2.26. The van der Waals surface area contributed by atoms with Crippen LogP contribution in [0, 0.1) is 0 Å². The van der Waals surface area contributed by atoms with Gasteiger partial charge in [0.1, 0.15) is 0 Å². The molecule has 0 spiro atoms. The summed E-state index contributed by atoms with van der Waals surface area (Å²) in [6.45, 7) is 4.01. The minimum absolute atomic E-state index is 0.141. The van der Waals surface area contributed by atoms with Gasteiger partial charge in [0.05, 0.1) is 6.54 Å². The summed E-state index contributed by atoms with van der Waals surface area (Å²) < 4.78 is 0. The zero-order chi connectivity index (χ0) is 13.7. The lowest BCUT2D eigenvalue weighted by atomic mass is 10.0. The van der Waals surface area contributed by atoms with Gasteiger partial charge in [-0.2, -0.15) is 0 Å². The maximum Gasteiger partial charge on any atom is 0.236 e. The Morgan fingerprint density at radius 2 is 1.79 bits per heavy atom. The number of hydrogen-bond donors (Lipinski definition) is 2. The van der Waals surface area contributed by atoms with Crippen molar-refractivity contribution in [1.29, 1.82) is 0 Å². The number of likely N-dealkylation sites (tertiary alicyclic amines) is 1. The molecule has 19 heavy (non-hydrogen) atoms. The van der Waals surface area contributed by atoms with Crippen molar-refractivity contribution in [3.63, 3.8) is 0 Å². The fourth-order valence-corrected chi connectivity index (χ4v) is 2.43. The first-order valence-electron chi connectivity index (χ1n) is 7.49. The molecule has 0 aromatic carbocycles. The molecule has 1 heterocycles. The van der Waals surface area contributed by atoms with E-state index in [0.717, 1.165) is 32.4 Å². The quantitative estimate of drug-likeness (QED) is 0.742. The Hall–Kier alpha value is -1.10. The van der Waals surface area contributed by atoms with Crippen molar-refractivity contribution in [2.45, 2.75) is 57.5 Å². The zero-order valence-corrected chi connectivity index (χ0v) is 11.8. The van der Waals surface area contributed by atoms with Gasteiger partial charge >= 0.3 is 0 Å². The molecule has 2 N–H and O–H groups in total. The molecule has 2 fully saturated rings. The number of rotatable bonds is 6. The van der Waals surface area contributed by atoms with Crippen LogP contribution in [0.5, 0.6) is 0 Å². The molecule has 2 aliphatic rings. The summed E-state index contributed by atoms with van der Waals surface area (Å²) in [5, 5.41) is 6.30. The Labute approximate surface area is 115 Å². The van der Waals surface area contributed by atoms with E-state index in [9.17, 15) is 9.59 Å². The van der Waals surface area contributed by atoms with Crippen molar-refractivity contribution < 1.29 is 9.59 Å². The topological polar surface area (TPSA) is 61.4 Å². The first-order valence-corrected chi connectivity index (χ1v) is 7.49. The fraction of sp³-hybridized carbons (Fsp3) is 0.857. The van der Waals surface area contributed by atoms with Crippen molar-refractivity contribution in [2.24, 2.45) is 0 Å². The van der Waals surface area contributed by atoms with Crippen LogP contribution in [0.15, 0.2) is 0 Å². The highest BCUT2D eigenvalue weighted by atomic mass is 16.2. The second-order valence-electron chi connectivity index (χ2n) is 5.63. The summed E-state index contributed by atoms with van der Waals surface area (Å²) in [6, 6.07) is 0.828. The largest absolute Gasteiger partial charge is 0.353 e. The Balaban J connectivity index is 1.63. The van der Waals surface area contributed by atoms with E-state index in [2.05, 4.69) is 10.6 Å². The average Bonchev–Trinajstić information content (AvgIpc) is 3.21. The van der Waals surface area contributed by atoms with E-state index in [-0.39, 0.29) is 17.9 Å². The highest BCUT2D eigenvalue weighted by Crippen LogP contribution is 2.18. The molecular weight excluding hydrogens is 242 g/mol. The molecule has 1 saturated carbocycles. The molecule has 0 aromatic heterocycles. The molecule has 108 valence electrons. The monoisotopic (exact) mass is 267 g/mol. The summed E-state index contributed by atoms with van der Waals surface area (Å²) in [5.41, 5.74) is 0. The molecule has 5 heteroatoms. The van der Waals surface area contributed by atoms with Crippen LogP contribution in [0.2, 0.25) is 0 Å². The molecule has 1 aliphatic carbocycles. The van der Waals surface area contributed by atoms with E-state index in [1.165, 1.54) is 12.8 Å². The molecular formula is C14H25N3O2. The maximum absolute atomic E-state index is 11.9. The van der Waals surface area contributed by atoms with Crippen LogP contribution in [0.25, 0.3) is 0 Å². The van der Waals surface area contributed by atoms with Crippen molar-refractivity contribution in [1.82, 2.24) is 15.5 Å². The second-order valence-corrected chi connectivity index (χ2v) is 5.63. The number of carbonyl (C=O) groups excluding carboxylic acids is 2. The lowest BCUT2D eigenvalue weighted by Crippen LogP contribution is -2.48. The number of nitrogens with one attached hydrogen (secondary N) is 2. The van der Waals surface area contributed by atoms with Gasteiger partial charge in [0.25, 0.3) is 0 Å². The van der Waals surface area contributed by atoms with Crippen molar-refractivity contribution in [2.75, 3.05) is 19.6 Å².